The first-order chi connectivity index (χ1) is 10.7. The highest BCUT2D eigenvalue weighted by atomic mass is 16.5. The third-order valence-electron chi connectivity index (χ3n) is 3.80. The van der Waals surface area contributed by atoms with Crippen LogP contribution >= 0.6 is 0 Å². The van der Waals surface area contributed by atoms with Crippen LogP contribution in [0.4, 0.5) is 5.88 Å². The molecule has 23 heavy (non-hydrogen) atoms. The fourth-order valence-electron chi connectivity index (χ4n) is 2.04. The van der Waals surface area contributed by atoms with Gasteiger partial charge in [-0.25, -0.2) is 0 Å². The summed E-state index contributed by atoms with van der Waals surface area (Å²) in [6.07, 6.45) is -0.639. The summed E-state index contributed by atoms with van der Waals surface area (Å²) in [5.74, 6) is 0.751. The maximum Gasteiger partial charge on any atom is 0.267 e. The van der Waals surface area contributed by atoms with Crippen LogP contribution in [0.25, 0.3) is 0 Å². The summed E-state index contributed by atoms with van der Waals surface area (Å²) in [7, 11) is 0. The summed E-state index contributed by atoms with van der Waals surface area (Å²) < 4.78 is 10.8. The molecule has 5 heteroatoms. The molecule has 0 aliphatic carbocycles. The summed E-state index contributed by atoms with van der Waals surface area (Å²) >= 11 is 0. The van der Waals surface area contributed by atoms with E-state index in [9.17, 15) is 4.79 Å². The zero-order valence-corrected chi connectivity index (χ0v) is 14.6. The van der Waals surface area contributed by atoms with Crippen molar-refractivity contribution in [3.63, 3.8) is 0 Å². The Balaban J connectivity index is 1.99. The largest absolute Gasteiger partial charge is 0.481 e. The van der Waals surface area contributed by atoms with Crippen LogP contribution in [0.15, 0.2) is 28.8 Å². The average Bonchev–Trinajstić information content (AvgIpc) is 2.79. The smallest absolute Gasteiger partial charge is 0.267 e. The van der Waals surface area contributed by atoms with Gasteiger partial charge in [0.05, 0.1) is 5.69 Å². The van der Waals surface area contributed by atoms with Crippen LogP contribution < -0.4 is 10.1 Å². The second-order valence-corrected chi connectivity index (χ2v) is 6.75. The van der Waals surface area contributed by atoms with Crippen molar-refractivity contribution in [3.05, 3.63) is 41.1 Å². The maximum atomic E-state index is 12.2. The first-order valence-electron chi connectivity index (χ1n) is 7.69. The van der Waals surface area contributed by atoms with Crippen LogP contribution in [0.5, 0.6) is 5.75 Å². The van der Waals surface area contributed by atoms with Crippen molar-refractivity contribution in [1.29, 1.82) is 0 Å². The molecule has 0 saturated carbocycles. The van der Waals surface area contributed by atoms with Gasteiger partial charge in [0.15, 0.2) is 6.10 Å². The number of hydrogen-bond donors (Lipinski definition) is 1. The van der Waals surface area contributed by atoms with Crippen LogP contribution in [0.1, 0.15) is 44.5 Å². The molecule has 0 unspecified atom stereocenters. The van der Waals surface area contributed by atoms with Crippen molar-refractivity contribution in [3.8, 4) is 5.75 Å². The Bertz CT molecular complexity index is 681. The fraction of sp³-hybridized carbons (Fsp3) is 0.444. The van der Waals surface area contributed by atoms with Crippen molar-refractivity contribution in [2.45, 2.75) is 53.1 Å². The second-order valence-electron chi connectivity index (χ2n) is 6.75. The van der Waals surface area contributed by atoms with Crippen molar-refractivity contribution in [2.24, 2.45) is 0 Å². The van der Waals surface area contributed by atoms with Crippen LogP contribution in [0, 0.1) is 13.8 Å². The Morgan fingerprint density at radius 2 is 1.83 bits per heavy atom. The van der Waals surface area contributed by atoms with Crippen molar-refractivity contribution in [2.75, 3.05) is 5.32 Å². The van der Waals surface area contributed by atoms with Crippen LogP contribution in [-0.2, 0) is 10.2 Å². The van der Waals surface area contributed by atoms with Gasteiger partial charge in [0, 0.05) is 5.56 Å². The fourth-order valence-corrected chi connectivity index (χ4v) is 2.04. The predicted octanol–water partition coefficient (Wildman–Crippen LogP) is 3.99. The van der Waals surface area contributed by atoms with Gasteiger partial charge in [-0.05, 0) is 43.9 Å². The lowest BCUT2D eigenvalue weighted by atomic mass is 9.87. The molecule has 0 fully saturated rings. The van der Waals surface area contributed by atoms with Gasteiger partial charge >= 0.3 is 0 Å². The minimum Gasteiger partial charge on any atom is -0.481 e. The van der Waals surface area contributed by atoms with Crippen LogP contribution in [0.3, 0.4) is 0 Å². The number of nitrogens with zero attached hydrogens (tertiary/aromatic N) is 1. The summed E-state index contributed by atoms with van der Waals surface area (Å²) in [6.45, 7) is 11.8. The van der Waals surface area contributed by atoms with Crippen molar-refractivity contribution < 1.29 is 14.1 Å². The average molecular weight is 316 g/mol. The SMILES string of the molecule is Cc1noc(NC(=O)[C@@H](C)Oc2ccc(C(C)(C)C)cc2)c1C. The molecule has 0 saturated heterocycles. The third-order valence-corrected chi connectivity index (χ3v) is 3.80. The zero-order valence-electron chi connectivity index (χ0n) is 14.6. The number of nitrogens with one attached hydrogen (secondary N) is 1. The number of carbonyl (C=O) groups excluding carboxylic acids is 1. The standard InChI is InChI=1S/C18H24N2O3/c1-11-12(2)20-23-17(11)19-16(21)13(3)22-15-9-7-14(8-10-15)18(4,5)6/h7-10,13H,1-6H3,(H,19,21)/t13-/m1/s1. The highest BCUT2D eigenvalue weighted by Gasteiger charge is 2.19. The van der Waals surface area contributed by atoms with E-state index >= 15 is 0 Å². The molecule has 0 bridgehead atoms. The second kappa shape index (κ2) is 6.44. The first-order valence-corrected chi connectivity index (χ1v) is 7.69. The van der Waals surface area contributed by atoms with Gasteiger partial charge in [-0.3, -0.25) is 10.1 Å². The summed E-state index contributed by atoms with van der Waals surface area (Å²) in [4.78, 5) is 12.2. The van der Waals surface area contributed by atoms with E-state index in [1.165, 1.54) is 5.56 Å². The van der Waals surface area contributed by atoms with Crippen molar-refractivity contribution >= 4 is 11.8 Å². The normalized spacial score (nSPS) is 12.8. The van der Waals surface area contributed by atoms with E-state index in [4.69, 9.17) is 9.26 Å². The van der Waals surface area contributed by atoms with Gasteiger partial charge in [-0.1, -0.05) is 38.1 Å². The van der Waals surface area contributed by atoms with Gasteiger partial charge in [0.25, 0.3) is 5.91 Å². The molecule has 2 rings (SSSR count). The molecule has 1 N–H and O–H groups in total. The number of aromatic nitrogens is 1. The van der Waals surface area contributed by atoms with E-state index in [-0.39, 0.29) is 11.3 Å². The van der Waals surface area contributed by atoms with E-state index in [0.717, 1.165) is 11.3 Å². The number of aryl methyl sites for hydroxylation is 1. The van der Waals surface area contributed by atoms with E-state index in [0.29, 0.717) is 11.6 Å². The Morgan fingerprint density at radius 3 is 2.30 bits per heavy atom. The van der Waals surface area contributed by atoms with E-state index in [1.54, 1.807) is 6.92 Å². The molecule has 1 aromatic heterocycles. The quantitative estimate of drug-likeness (QED) is 0.926. The molecule has 124 valence electrons. The number of amides is 1. The van der Waals surface area contributed by atoms with Crippen LogP contribution in [0.2, 0.25) is 0 Å². The predicted molar refractivity (Wildman–Crippen MR) is 89.8 cm³/mol. The Hall–Kier alpha value is -2.30. The minimum absolute atomic E-state index is 0.0865. The van der Waals surface area contributed by atoms with Gasteiger partial charge < -0.3 is 9.26 Å². The Labute approximate surface area is 137 Å². The Morgan fingerprint density at radius 1 is 1.22 bits per heavy atom. The van der Waals surface area contributed by atoms with Gasteiger partial charge in [0.1, 0.15) is 5.75 Å². The van der Waals surface area contributed by atoms with Gasteiger partial charge in [0.2, 0.25) is 5.88 Å². The summed E-state index contributed by atoms with van der Waals surface area (Å²) in [5.41, 5.74) is 2.88. The number of hydrogen-bond acceptors (Lipinski definition) is 4. The van der Waals surface area contributed by atoms with Gasteiger partial charge in [-0.2, -0.15) is 0 Å². The highest BCUT2D eigenvalue weighted by Crippen LogP contribution is 2.25. The van der Waals surface area contributed by atoms with Gasteiger partial charge in [-0.15, -0.1) is 0 Å². The molecule has 1 heterocycles. The molecule has 0 aliphatic rings. The lowest BCUT2D eigenvalue weighted by Crippen LogP contribution is -2.30. The lowest BCUT2D eigenvalue weighted by molar-refractivity contribution is -0.122. The monoisotopic (exact) mass is 316 g/mol. The van der Waals surface area contributed by atoms with E-state index in [2.05, 4.69) is 31.2 Å². The minimum atomic E-state index is -0.639. The Kier molecular flexibility index (Phi) is 4.78. The maximum absolute atomic E-state index is 12.2. The number of carbonyl (C=O) groups is 1. The third kappa shape index (κ3) is 4.12. The molecule has 5 nitrogen and oxygen atoms in total. The van der Waals surface area contributed by atoms with E-state index < -0.39 is 6.10 Å². The molecule has 1 atom stereocenters. The summed E-state index contributed by atoms with van der Waals surface area (Å²) in [6, 6.07) is 7.80. The molecular weight excluding hydrogens is 292 g/mol. The number of ether oxygens (including phenoxy) is 1. The molecule has 1 amide bonds. The molecule has 0 radical (unpaired) electrons. The number of benzene rings is 1. The topological polar surface area (TPSA) is 64.4 Å². The molecular formula is C18H24N2O3. The summed E-state index contributed by atoms with van der Waals surface area (Å²) in [5, 5.41) is 6.51. The van der Waals surface area contributed by atoms with Crippen molar-refractivity contribution in [1.82, 2.24) is 5.16 Å². The first kappa shape index (κ1) is 17.1. The lowest BCUT2D eigenvalue weighted by Gasteiger charge is -2.20. The van der Waals surface area contributed by atoms with E-state index in [1.807, 2.05) is 38.1 Å². The molecule has 0 spiro atoms. The molecule has 0 aliphatic heterocycles. The molecule has 2 aromatic rings. The number of anilines is 1. The zero-order chi connectivity index (χ0) is 17.2. The highest BCUT2D eigenvalue weighted by molar-refractivity contribution is 5.93. The molecule has 1 aromatic carbocycles. The number of rotatable bonds is 4. The van der Waals surface area contributed by atoms with Crippen LogP contribution in [-0.4, -0.2) is 17.2 Å².